The molecule has 0 spiro atoms. The van der Waals surface area contributed by atoms with Crippen molar-refractivity contribution in [2.45, 2.75) is 6.54 Å². The van der Waals surface area contributed by atoms with Gasteiger partial charge in [0.1, 0.15) is 47.8 Å². The van der Waals surface area contributed by atoms with Crippen molar-refractivity contribution in [2.75, 3.05) is 32.2 Å². The summed E-state index contributed by atoms with van der Waals surface area (Å²) in [6, 6.07) is 15.8. The number of fused-ring (bicyclic) bond motifs is 1. The topological polar surface area (TPSA) is 105 Å². The maximum Gasteiger partial charge on any atom is 0.147 e. The number of ether oxygens (including phenoxy) is 2. The largest absolute Gasteiger partial charge is 0.496 e. The Hall–Kier alpha value is -4.16. The highest BCUT2D eigenvalue weighted by Gasteiger charge is 2.16. The van der Waals surface area contributed by atoms with Crippen molar-refractivity contribution < 1.29 is 19.0 Å². The normalized spacial score (nSPS) is 10.7. The smallest absolute Gasteiger partial charge is 0.147 e. The van der Waals surface area contributed by atoms with Crippen molar-refractivity contribution in [2.24, 2.45) is 0 Å². The molecule has 0 radical (unpaired) electrons. The van der Waals surface area contributed by atoms with Crippen LogP contribution in [0.5, 0.6) is 11.5 Å². The van der Waals surface area contributed by atoms with Gasteiger partial charge in [-0.05, 0) is 42.5 Å². The third-order valence-corrected chi connectivity index (χ3v) is 5.12. The van der Waals surface area contributed by atoms with Crippen LogP contribution in [0.3, 0.4) is 0 Å². The minimum atomic E-state index is -0.414. The molecule has 0 amide bonds. The summed E-state index contributed by atoms with van der Waals surface area (Å²) in [4.78, 5) is 8.56. The van der Waals surface area contributed by atoms with Crippen molar-refractivity contribution in [3.63, 3.8) is 0 Å². The molecule has 33 heavy (non-hydrogen) atoms. The molecule has 2 N–H and O–H groups in total. The van der Waals surface area contributed by atoms with Crippen LogP contribution in [0.1, 0.15) is 5.69 Å². The highest BCUT2D eigenvalue weighted by Crippen LogP contribution is 2.31. The van der Waals surface area contributed by atoms with E-state index in [4.69, 9.17) is 14.6 Å². The van der Waals surface area contributed by atoms with E-state index in [1.807, 2.05) is 30.3 Å². The number of aliphatic hydroxyl groups is 1. The number of hydrogen-bond acceptors (Lipinski definition) is 7. The van der Waals surface area contributed by atoms with Gasteiger partial charge in [0.05, 0.1) is 24.9 Å². The van der Waals surface area contributed by atoms with E-state index in [1.165, 1.54) is 19.5 Å². The van der Waals surface area contributed by atoms with Crippen molar-refractivity contribution >= 4 is 16.7 Å². The van der Waals surface area contributed by atoms with Gasteiger partial charge in [-0.3, -0.25) is 0 Å². The van der Waals surface area contributed by atoms with Gasteiger partial charge in [0.25, 0.3) is 0 Å². The van der Waals surface area contributed by atoms with Crippen LogP contribution in [0.4, 0.5) is 10.2 Å². The van der Waals surface area contributed by atoms with Gasteiger partial charge in [0, 0.05) is 30.1 Å². The Balaban J connectivity index is 1.49. The summed E-state index contributed by atoms with van der Waals surface area (Å²) < 4.78 is 26.9. The summed E-state index contributed by atoms with van der Waals surface area (Å²) >= 11 is 0. The van der Waals surface area contributed by atoms with Crippen LogP contribution in [0.15, 0.2) is 54.9 Å². The second-order valence-corrected chi connectivity index (χ2v) is 7.12. The van der Waals surface area contributed by atoms with E-state index in [-0.39, 0.29) is 13.2 Å². The van der Waals surface area contributed by atoms with Crippen LogP contribution in [-0.2, 0) is 6.54 Å². The molecule has 0 bridgehead atoms. The first kappa shape index (κ1) is 22.0. The van der Waals surface area contributed by atoms with Crippen molar-refractivity contribution in [3.05, 3.63) is 66.4 Å². The van der Waals surface area contributed by atoms with Gasteiger partial charge in [0.15, 0.2) is 0 Å². The molecular formula is C24H22FN5O3. The van der Waals surface area contributed by atoms with Crippen LogP contribution in [0.25, 0.3) is 22.2 Å². The van der Waals surface area contributed by atoms with E-state index in [2.05, 4.69) is 21.4 Å². The fourth-order valence-electron chi connectivity index (χ4n) is 3.61. The quantitative estimate of drug-likeness (QED) is 0.404. The standard InChI is InChI=1S/C24H22FN5O3/c1-32-22-7-6-20(25)24-19(22)12-17(14-26)30(24)9-8-27-23-13-21(28-15-29-23)16-2-4-18(5-3-16)33-11-10-31/h2-7,12-13,15,31H,8-11H2,1H3,(H,27,28,29). The lowest BCUT2D eigenvalue weighted by Gasteiger charge is -2.11. The maximum absolute atomic E-state index is 14.6. The summed E-state index contributed by atoms with van der Waals surface area (Å²) in [7, 11) is 1.51. The van der Waals surface area contributed by atoms with E-state index in [9.17, 15) is 9.65 Å². The van der Waals surface area contributed by atoms with Gasteiger partial charge in [-0.25, -0.2) is 14.4 Å². The summed E-state index contributed by atoms with van der Waals surface area (Å²) in [5, 5.41) is 22.1. The second kappa shape index (κ2) is 9.97. The third kappa shape index (κ3) is 4.71. The zero-order valence-electron chi connectivity index (χ0n) is 18.0. The summed E-state index contributed by atoms with van der Waals surface area (Å²) in [5.41, 5.74) is 2.29. The Bertz CT molecular complexity index is 1300. The molecule has 0 saturated heterocycles. The number of anilines is 1. The number of aliphatic hydroxyl groups excluding tert-OH is 1. The number of nitrogens with zero attached hydrogens (tertiary/aromatic N) is 4. The molecule has 8 nitrogen and oxygen atoms in total. The molecule has 0 aliphatic rings. The van der Waals surface area contributed by atoms with Gasteiger partial charge in [0.2, 0.25) is 0 Å². The van der Waals surface area contributed by atoms with E-state index < -0.39 is 5.82 Å². The Kier molecular flexibility index (Phi) is 6.66. The minimum absolute atomic E-state index is 0.0441. The first-order valence-electron chi connectivity index (χ1n) is 10.3. The van der Waals surface area contributed by atoms with E-state index >= 15 is 0 Å². The minimum Gasteiger partial charge on any atom is -0.496 e. The molecular weight excluding hydrogens is 425 g/mol. The van der Waals surface area contributed by atoms with Crippen LogP contribution in [-0.4, -0.2) is 46.5 Å². The lowest BCUT2D eigenvalue weighted by atomic mass is 10.1. The van der Waals surface area contributed by atoms with Crippen molar-refractivity contribution in [1.82, 2.24) is 14.5 Å². The van der Waals surface area contributed by atoms with Crippen LogP contribution in [0.2, 0.25) is 0 Å². The molecule has 2 aromatic heterocycles. The number of nitriles is 1. The van der Waals surface area contributed by atoms with Gasteiger partial charge >= 0.3 is 0 Å². The number of benzene rings is 2. The summed E-state index contributed by atoms with van der Waals surface area (Å²) in [6.07, 6.45) is 1.46. The molecule has 0 saturated carbocycles. The predicted octanol–water partition coefficient (Wildman–Crippen LogP) is 3.60. The molecule has 0 aliphatic carbocycles. The number of methoxy groups -OCH3 is 1. The molecule has 4 aromatic rings. The Morgan fingerprint density at radius 1 is 1.15 bits per heavy atom. The monoisotopic (exact) mass is 447 g/mol. The second-order valence-electron chi connectivity index (χ2n) is 7.12. The number of halogens is 1. The molecule has 2 aromatic carbocycles. The number of hydrogen-bond donors (Lipinski definition) is 2. The lowest BCUT2D eigenvalue weighted by Crippen LogP contribution is -2.13. The molecule has 0 unspecified atom stereocenters. The fraction of sp³-hybridized carbons (Fsp3) is 0.208. The predicted molar refractivity (Wildman–Crippen MR) is 122 cm³/mol. The molecule has 0 fully saturated rings. The van der Waals surface area contributed by atoms with Gasteiger partial charge < -0.3 is 24.5 Å². The Labute approximate surface area is 189 Å². The first-order chi connectivity index (χ1) is 16.1. The zero-order chi connectivity index (χ0) is 23.2. The van der Waals surface area contributed by atoms with Gasteiger partial charge in [-0.1, -0.05) is 0 Å². The molecule has 4 rings (SSSR count). The van der Waals surface area contributed by atoms with E-state index in [1.54, 1.807) is 16.7 Å². The van der Waals surface area contributed by atoms with E-state index in [0.717, 1.165) is 11.3 Å². The van der Waals surface area contributed by atoms with Crippen LogP contribution >= 0.6 is 0 Å². The summed E-state index contributed by atoms with van der Waals surface area (Å²) in [5.74, 6) is 1.37. The Morgan fingerprint density at radius 3 is 2.70 bits per heavy atom. The number of rotatable bonds is 9. The molecule has 0 aliphatic heterocycles. The van der Waals surface area contributed by atoms with Gasteiger partial charge in [-0.15, -0.1) is 0 Å². The van der Waals surface area contributed by atoms with Crippen molar-refractivity contribution in [1.29, 1.82) is 5.26 Å². The summed E-state index contributed by atoms with van der Waals surface area (Å²) in [6.45, 7) is 0.964. The zero-order valence-corrected chi connectivity index (χ0v) is 18.0. The number of nitrogens with one attached hydrogen (secondary N) is 1. The fourth-order valence-corrected chi connectivity index (χ4v) is 3.61. The Morgan fingerprint density at radius 2 is 1.97 bits per heavy atom. The highest BCUT2D eigenvalue weighted by atomic mass is 19.1. The van der Waals surface area contributed by atoms with Crippen LogP contribution in [0, 0.1) is 17.1 Å². The lowest BCUT2D eigenvalue weighted by molar-refractivity contribution is 0.201. The average molecular weight is 447 g/mol. The van der Waals surface area contributed by atoms with Crippen molar-refractivity contribution in [3.8, 4) is 28.8 Å². The molecule has 168 valence electrons. The average Bonchev–Trinajstić information content (AvgIpc) is 3.23. The molecule has 9 heteroatoms. The number of aromatic nitrogens is 3. The maximum atomic E-state index is 14.6. The molecule has 0 atom stereocenters. The first-order valence-corrected chi connectivity index (χ1v) is 10.3. The van der Waals surface area contributed by atoms with E-state index in [0.29, 0.717) is 47.0 Å². The van der Waals surface area contributed by atoms with Gasteiger partial charge in [-0.2, -0.15) is 5.26 Å². The highest BCUT2D eigenvalue weighted by molar-refractivity contribution is 5.88. The third-order valence-electron chi connectivity index (χ3n) is 5.12. The van der Waals surface area contributed by atoms with Crippen LogP contribution < -0.4 is 14.8 Å². The molecule has 2 heterocycles. The SMILES string of the molecule is COc1ccc(F)c2c1cc(C#N)n2CCNc1cc(-c2ccc(OCCO)cc2)ncn1.